The van der Waals surface area contributed by atoms with Gasteiger partial charge in [0.25, 0.3) is 5.91 Å². The zero-order valence-corrected chi connectivity index (χ0v) is 15.2. The van der Waals surface area contributed by atoms with E-state index < -0.39 is 0 Å². The number of ether oxygens (including phenoxy) is 1. The van der Waals surface area contributed by atoms with Gasteiger partial charge in [0.05, 0.1) is 12.7 Å². The highest BCUT2D eigenvalue weighted by Gasteiger charge is 2.06. The van der Waals surface area contributed by atoms with Gasteiger partial charge in [-0.15, -0.1) is 0 Å². The van der Waals surface area contributed by atoms with E-state index in [1.54, 1.807) is 19.4 Å². The third kappa shape index (κ3) is 6.45. The van der Waals surface area contributed by atoms with Crippen LogP contribution in [0.25, 0.3) is 0 Å². The van der Waals surface area contributed by atoms with Crippen molar-refractivity contribution in [1.82, 2.24) is 10.3 Å². The maximum Gasteiger partial charge on any atom is 0.252 e. The van der Waals surface area contributed by atoms with Crippen LogP contribution in [0.15, 0.2) is 42.6 Å². The molecule has 0 spiro atoms. The molecule has 5 nitrogen and oxygen atoms in total. The highest BCUT2D eigenvalue weighted by Crippen LogP contribution is 2.11. The molecule has 0 bridgehead atoms. The van der Waals surface area contributed by atoms with Crippen molar-refractivity contribution in [2.75, 3.05) is 25.5 Å². The van der Waals surface area contributed by atoms with Crippen molar-refractivity contribution >= 4 is 11.7 Å². The first-order chi connectivity index (χ1) is 12.1. The molecule has 0 radical (unpaired) electrons. The summed E-state index contributed by atoms with van der Waals surface area (Å²) in [4.78, 5) is 16.5. The third-order valence-electron chi connectivity index (χ3n) is 3.91. The number of carbonyl (C=O) groups excluding carboxylic acids is 1. The van der Waals surface area contributed by atoms with Crippen LogP contribution in [-0.2, 0) is 6.42 Å². The molecule has 1 aromatic carbocycles. The Morgan fingerprint density at radius 3 is 2.48 bits per heavy atom. The molecule has 2 N–H and O–H groups in total. The van der Waals surface area contributed by atoms with Crippen molar-refractivity contribution in [2.45, 2.75) is 26.7 Å². The molecule has 134 valence electrons. The van der Waals surface area contributed by atoms with Crippen LogP contribution in [0.1, 0.15) is 36.2 Å². The van der Waals surface area contributed by atoms with Crippen molar-refractivity contribution in [3.8, 4) is 5.75 Å². The molecule has 25 heavy (non-hydrogen) atoms. The van der Waals surface area contributed by atoms with Crippen molar-refractivity contribution in [3.05, 3.63) is 53.7 Å². The second kappa shape index (κ2) is 9.67. The van der Waals surface area contributed by atoms with Gasteiger partial charge < -0.3 is 15.4 Å². The number of aromatic nitrogens is 1. The summed E-state index contributed by atoms with van der Waals surface area (Å²) in [5, 5.41) is 6.19. The topological polar surface area (TPSA) is 63.2 Å². The van der Waals surface area contributed by atoms with E-state index in [2.05, 4.69) is 29.5 Å². The Hall–Kier alpha value is -2.56. The summed E-state index contributed by atoms with van der Waals surface area (Å²) in [6, 6.07) is 11.5. The molecule has 2 rings (SSSR count). The van der Waals surface area contributed by atoms with E-state index in [0.29, 0.717) is 18.0 Å². The van der Waals surface area contributed by atoms with E-state index in [4.69, 9.17) is 4.74 Å². The van der Waals surface area contributed by atoms with E-state index >= 15 is 0 Å². The number of hydrogen-bond donors (Lipinski definition) is 2. The molecule has 0 aliphatic rings. The summed E-state index contributed by atoms with van der Waals surface area (Å²) in [6.45, 7) is 5.85. The van der Waals surface area contributed by atoms with Crippen LogP contribution in [0.3, 0.4) is 0 Å². The van der Waals surface area contributed by atoms with Crippen LogP contribution in [0.5, 0.6) is 5.75 Å². The van der Waals surface area contributed by atoms with Gasteiger partial charge in [-0.05, 0) is 48.6 Å². The fourth-order valence-corrected chi connectivity index (χ4v) is 2.34. The SMILES string of the molecule is COc1ccc(CCNC(=O)c2ccc(NCCC(C)C)nc2)cc1. The fraction of sp³-hybridized carbons (Fsp3) is 0.400. The first kappa shape index (κ1) is 18.8. The maximum absolute atomic E-state index is 12.2. The van der Waals surface area contributed by atoms with Gasteiger partial charge in [-0.2, -0.15) is 0 Å². The lowest BCUT2D eigenvalue weighted by Crippen LogP contribution is -2.25. The molecule has 0 fully saturated rings. The monoisotopic (exact) mass is 341 g/mol. The number of benzene rings is 1. The summed E-state index contributed by atoms with van der Waals surface area (Å²) < 4.78 is 5.13. The lowest BCUT2D eigenvalue weighted by atomic mass is 10.1. The predicted octanol–water partition coefficient (Wildman–Crippen LogP) is 3.52. The zero-order chi connectivity index (χ0) is 18.1. The van der Waals surface area contributed by atoms with Gasteiger partial charge in [0.15, 0.2) is 0 Å². The van der Waals surface area contributed by atoms with Gasteiger partial charge in [-0.3, -0.25) is 4.79 Å². The summed E-state index contributed by atoms with van der Waals surface area (Å²) in [5.74, 6) is 2.19. The van der Waals surface area contributed by atoms with Gasteiger partial charge in [-0.1, -0.05) is 26.0 Å². The minimum Gasteiger partial charge on any atom is -0.497 e. The highest BCUT2D eigenvalue weighted by atomic mass is 16.5. The van der Waals surface area contributed by atoms with Crippen LogP contribution in [0.2, 0.25) is 0 Å². The molecule has 1 heterocycles. The summed E-state index contributed by atoms with van der Waals surface area (Å²) >= 11 is 0. The van der Waals surface area contributed by atoms with Crippen molar-refractivity contribution in [3.63, 3.8) is 0 Å². The van der Waals surface area contributed by atoms with Crippen molar-refractivity contribution in [1.29, 1.82) is 0 Å². The van der Waals surface area contributed by atoms with E-state index in [0.717, 1.165) is 36.5 Å². The Balaban J connectivity index is 1.76. The van der Waals surface area contributed by atoms with Crippen molar-refractivity contribution in [2.24, 2.45) is 5.92 Å². The Labute approximate surface area is 149 Å². The smallest absolute Gasteiger partial charge is 0.252 e. The van der Waals surface area contributed by atoms with Crippen LogP contribution in [0.4, 0.5) is 5.82 Å². The standard InChI is InChI=1S/C20H27N3O2/c1-15(2)10-12-21-19-9-6-17(14-23-19)20(24)22-13-11-16-4-7-18(25-3)8-5-16/h4-9,14-15H,10-13H2,1-3H3,(H,21,23)(H,22,24). The lowest BCUT2D eigenvalue weighted by molar-refractivity contribution is 0.0954. The number of rotatable bonds is 9. The minimum atomic E-state index is -0.102. The molecule has 0 atom stereocenters. The Morgan fingerprint density at radius 1 is 1.12 bits per heavy atom. The first-order valence-electron chi connectivity index (χ1n) is 8.69. The third-order valence-corrected chi connectivity index (χ3v) is 3.91. The quantitative estimate of drug-likeness (QED) is 0.732. The summed E-state index contributed by atoms with van der Waals surface area (Å²) in [5.41, 5.74) is 1.73. The molecule has 0 saturated heterocycles. The van der Waals surface area contributed by atoms with E-state index in [-0.39, 0.29) is 5.91 Å². The second-order valence-electron chi connectivity index (χ2n) is 6.40. The molecule has 5 heteroatoms. The number of methoxy groups -OCH3 is 1. The summed E-state index contributed by atoms with van der Waals surface area (Å²) in [6.07, 6.45) is 3.48. The van der Waals surface area contributed by atoms with Gasteiger partial charge in [-0.25, -0.2) is 4.98 Å². The largest absolute Gasteiger partial charge is 0.497 e. The Kier molecular flexibility index (Phi) is 7.26. The van der Waals surface area contributed by atoms with Crippen LogP contribution >= 0.6 is 0 Å². The Bertz CT molecular complexity index is 652. The van der Waals surface area contributed by atoms with Crippen molar-refractivity contribution < 1.29 is 9.53 Å². The highest BCUT2D eigenvalue weighted by molar-refractivity contribution is 5.94. The average molecular weight is 341 g/mol. The number of amides is 1. The molecule has 0 unspecified atom stereocenters. The fourth-order valence-electron chi connectivity index (χ4n) is 2.34. The molecule has 0 aliphatic carbocycles. The predicted molar refractivity (Wildman–Crippen MR) is 101 cm³/mol. The number of nitrogens with one attached hydrogen (secondary N) is 2. The normalized spacial score (nSPS) is 10.6. The lowest BCUT2D eigenvalue weighted by Gasteiger charge is -2.09. The van der Waals surface area contributed by atoms with E-state index in [1.165, 1.54) is 0 Å². The second-order valence-corrected chi connectivity index (χ2v) is 6.40. The molecule has 1 aromatic heterocycles. The molecular formula is C20H27N3O2. The number of nitrogens with zero attached hydrogens (tertiary/aromatic N) is 1. The van der Waals surface area contributed by atoms with Gasteiger partial charge in [0.2, 0.25) is 0 Å². The van der Waals surface area contributed by atoms with Gasteiger partial charge >= 0.3 is 0 Å². The van der Waals surface area contributed by atoms with Gasteiger partial charge in [0.1, 0.15) is 11.6 Å². The first-order valence-corrected chi connectivity index (χ1v) is 8.69. The van der Waals surface area contributed by atoms with Crippen LogP contribution < -0.4 is 15.4 Å². The Morgan fingerprint density at radius 2 is 1.88 bits per heavy atom. The van der Waals surface area contributed by atoms with E-state index in [1.807, 2.05) is 30.3 Å². The maximum atomic E-state index is 12.2. The molecule has 2 aromatic rings. The number of hydrogen-bond acceptors (Lipinski definition) is 4. The number of carbonyl (C=O) groups is 1. The van der Waals surface area contributed by atoms with Crippen LogP contribution in [0, 0.1) is 5.92 Å². The molecule has 1 amide bonds. The average Bonchev–Trinajstić information content (AvgIpc) is 2.62. The molecular weight excluding hydrogens is 314 g/mol. The van der Waals surface area contributed by atoms with Crippen LogP contribution in [-0.4, -0.2) is 31.1 Å². The molecule has 0 saturated carbocycles. The zero-order valence-electron chi connectivity index (χ0n) is 15.2. The minimum absolute atomic E-state index is 0.102. The number of anilines is 1. The summed E-state index contributed by atoms with van der Waals surface area (Å²) in [7, 11) is 1.65. The molecule has 0 aliphatic heterocycles. The van der Waals surface area contributed by atoms with Gasteiger partial charge in [0, 0.05) is 19.3 Å². The number of pyridine rings is 1. The van der Waals surface area contributed by atoms with E-state index in [9.17, 15) is 4.79 Å².